The smallest absolute Gasteiger partial charge is 0.0946 e. The second-order valence-electron chi connectivity index (χ2n) is 7.08. The fraction of sp³-hybridized carbons (Fsp3) is 0.857. The minimum absolute atomic E-state index is 0.348. The first kappa shape index (κ1) is 21.2. The summed E-state index contributed by atoms with van der Waals surface area (Å²) in [6.45, 7) is 6.41. The van der Waals surface area contributed by atoms with Gasteiger partial charge in [-0.3, -0.25) is 0 Å². The summed E-state index contributed by atoms with van der Waals surface area (Å²) >= 11 is 0. The molecule has 0 N–H and O–H groups in total. The molecule has 140 valence electrons. The van der Waals surface area contributed by atoms with Crippen molar-refractivity contribution in [3.05, 3.63) is 18.7 Å². The van der Waals surface area contributed by atoms with Crippen molar-refractivity contribution in [2.45, 2.75) is 110 Å². The van der Waals surface area contributed by atoms with Gasteiger partial charge in [0, 0.05) is 25.5 Å². The Hall–Kier alpha value is -0.830. The average Bonchev–Trinajstić information content (AvgIpc) is 3.10. The molecular weight excluding hydrogens is 296 g/mol. The third-order valence-corrected chi connectivity index (χ3v) is 4.70. The average molecular weight is 337 g/mol. The molecule has 0 aliphatic heterocycles. The van der Waals surface area contributed by atoms with Gasteiger partial charge in [-0.1, -0.05) is 84.5 Å². The molecule has 0 amide bonds. The summed E-state index contributed by atoms with van der Waals surface area (Å²) in [5.41, 5.74) is 0. The van der Waals surface area contributed by atoms with E-state index in [2.05, 4.69) is 23.4 Å². The fourth-order valence-electron chi connectivity index (χ4n) is 3.14. The van der Waals surface area contributed by atoms with E-state index in [9.17, 15) is 0 Å². The van der Waals surface area contributed by atoms with Crippen molar-refractivity contribution in [1.82, 2.24) is 9.55 Å². The van der Waals surface area contributed by atoms with Crippen molar-refractivity contribution in [1.29, 1.82) is 0 Å². The van der Waals surface area contributed by atoms with E-state index in [0.717, 1.165) is 13.2 Å². The molecule has 0 bridgehead atoms. The molecule has 0 spiro atoms. The Morgan fingerprint density at radius 1 is 0.833 bits per heavy atom. The summed E-state index contributed by atoms with van der Waals surface area (Å²) in [6.07, 6.45) is 23.4. The number of unbranched alkanes of at least 4 members (excludes halogenated alkanes) is 10. The lowest BCUT2D eigenvalue weighted by atomic mass is 10.1. The summed E-state index contributed by atoms with van der Waals surface area (Å²) in [5, 5.41) is 0. The molecule has 24 heavy (non-hydrogen) atoms. The predicted octanol–water partition coefficient (Wildman–Crippen LogP) is 6.38. The molecule has 0 saturated carbocycles. The van der Waals surface area contributed by atoms with Crippen molar-refractivity contribution in [2.75, 3.05) is 6.61 Å². The quantitative estimate of drug-likeness (QED) is 0.309. The second kappa shape index (κ2) is 15.7. The molecule has 1 aromatic rings. The van der Waals surface area contributed by atoms with Crippen molar-refractivity contribution in [2.24, 2.45) is 0 Å². The lowest BCUT2D eigenvalue weighted by Crippen LogP contribution is -2.20. The lowest BCUT2D eigenvalue weighted by Gasteiger charge is -2.18. The van der Waals surface area contributed by atoms with Gasteiger partial charge in [0.2, 0.25) is 0 Å². The van der Waals surface area contributed by atoms with Gasteiger partial charge < -0.3 is 9.30 Å². The van der Waals surface area contributed by atoms with E-state index in [1.807, 2.05) is 18.7 Å². The maximum atomic E-state index is 6.20. The number of aromatic nitrogens is 2. The highest BCUT2D eigenvalue weighted by atomic mass is 16.5. The second-order valence-corrected chi connectivity index (χ2v) is 7.08. The van der Waals surface area contributed by atoms with Crippen LogP contribution in [0, 0.1) is 0 Å². The number of rotatable bonds is 17. The Balaban J connectivity index is 2.15. The molecule has 3 nitrogen and oxygen atoms in total. The van der Waals surface area contributed by atoms with Crippen molar-refractivity contribution in [3.63, 3.8) is 0 Å². The molecule has 1 unspecified atom stereocenters. The van der Waals surface area contributed by atoms with Gasteiger partial charge in [0.25, 0.3) is 0 Å². The van der Waals surface area contributed by atoms with Gasteiger partial charge in [-0.25, -0.2) is 4.98 Å². The highest BCUT2D eigenvalue weighted by Gasteiger charge is 2.10. The van der Waals surface area contributed by atoms with Gasteiger partial charge in [-0.2, -0.15) is 0 Å². The first-order chi connectivity index (χ1) is 11.9. The third kappa shape index (κ3) is 11.7. The Morgan fingerprint density at radius 2 is 1.46 bits per heavy atom. The highest BCUT2D eigenvalue weighted by molar-refractivity contribution is 4.76. The van der Waals surface area contributed by atoms with Crippen LogP contribution in [0.5, 0.6) is 0 Å². The molecule has 1 rings (SSSR count). The standard InChI is InChI=1S/C21H40N2O/c1-3-5-7-9-11-13-15-21(19-23-17-16-22-20-23)24-18-14-12-10-8-6-4-2/h16-17,20-21H,3-15,18-19H2,1-2H3. The third-order valence-electron chi connectivity index (χ3n) is 4.70. The molecule has 1 aromatic heterocycles. The zero-order chi connectivity index (χ0) is 17.3. The zero-order valence-corrected chi connectivity index (χ0v) is 16.2. The molecule has 1 atom stereocenters. The molecule has 0 saturated heterocycles. The molecule has 3 heteroatoms. The maximum absolute atomic E-state index is 6.20. The molecule has 0 aromatic carbocycles. The van der Waals surface area contributed by atoms with E-state index in [1.54, 1.807) is 0 Å². The maximum Gasteiger partial charge on any atom is 0.0946 e. The predicted molar refractivity (Wildman–Crippen MR) is 103 cm³/mol. The monoisotopic (exact) mass is 336 g/mol. The van der Waals surface area contributed by atoms with Crippen LogP contribution in [0.4, 0.5) is 0 Å². The van der Waals surface area contributed by atoms with Crippen molar-refractivity contribution >= 4 is 0 Å². The van der Waals surface area contributed by atoms with E-state index in [-0.39, 0.29) is 0 Å². The zero-order valence-electron chi connectivity index (χ0n) is 16.2. The van der Waals surface area contributed by atoms with Crippen molar-refractivity contribution in [3.8, 4) is 0 Å². The minimum atomic E-state index is 0.348. The summed E-state index contributed by atoms with van der Waals surface area (Å²) in [7, 11) is 0. The van der Waals surface area contributed by atoms with Gasteiger partial charge >= 0.3 is 0 Å². The number of imidazole rings is 1. The van der Waals surface area contributed by atoms with Crippen LogP contribution in [0.15, 0.2) is 18.7 Å². The van der Waals surface area contributed by atoms with E-state index in [4.69, 9.17) is 4.74 Å². The minimum Gasteiger partial charge on any atom is -0.376 e. The number of ether oxygens (including phenoxy) is 1. The van der Waals surface area contributed by atoms with Crippen molar-refractivity contribution < 1.29 is 4.74 Å². The molecular formula is C21H40N2O. The Kier molecular flexibility index (Phi) is 13.9. The van der Waals surface area contributed by atoms with Gasteiger partial charge in [-0.05, 0) is 12.8 Å². The summed E-state index contributed by atoms with van der Waals surface area (Å²) < 4.78 is 8.36. The Labute approximate surface area is 150 Å². The van der Waals surface area contributed by atoms with Crippen LogP contribution in [0.3, 0.4) is 0 Å². The van der Waals surface area contributed by atoms with Crippen LogP contribution in [0.1, 0.15) is 97.3 Å². The van der Waals surface area contributed by atoms with Crippen LogP contribution >= 0.6 is 0 Å². The van der Waals surface area contributed by atoms with Crippen LogP contribution in [0.2, 0.25) is 0 Å². The van der Waals surface area contributed by atoms with Crippen LogP contribution < -0.4 is 0 Å². The number of nitrogens with zero attached hydrogens (tertiary/aromatic N) is 2. The van der Waals surface area contributed by atoms with Gasteiger partial charge in [0.1, 0.15) is 0 Å². The van der Waals surface area contributed by atoms with Gasteiger partial charge in [0.15, 0.2) is 0 Å². The molecule has 0 radical (unpaired) electrons. The summed E-state index contributed by atoms with van der Waals surface area (Å²) in [6, 6.07) is 0. The first-order valence-corrected chi connectivity index (χ1v) is 10.4. The topological polar surface area (TPSA) is 27.1 Å². The lowest BCUT2D eigenvalue weighted by molar-refractivity contribution is 0.0316. The van der Waals surface area contributed by atoms with Gasteiger partial charge in [0.05, 0.1) is 12.4 Å². The number of hydrogen-bond donors (Lipinski definition) is 0. The van der Waals surface area contributed by atoms with Crippen LogP contribution in [-0.4, -0.2) is 22.3 Å². The molecule has 1 heterocycles. The Morgan fingerprint density at radius 3 is 2.08 bits per heavy atom. The van der Waals surface area contributed by atoms with E-state index in [0.29, 0.717) is 6.10 Å². The van der Waals surface area contributed by atoms with Crippen LogP contribution in [0.25, 0.3) is 0 Å². The van der Waals surface area contributed by atoms with Gasteiger partial charge in [-0.15, -0.1) is 0 Å². The number of hydrogen-bond acceptors (Lipinski definition) is 2. The van der Waals surface area contributed by atoms with E-state index < -0.39 is 0 Å². The molecule has 0 aliphatic carbocycles. The largest absolute Gasteiger partial charge is 0.376 e. The summed E-state index contributed by atoms with van der Waals surface area (Å²) in [5.74, 6) is 0. The molecule has 0 aliphatic rings. The normalized spacial score (nSPS) is 12.6. The van der Waals surface area contributed by atoms with E-state index >= 15 is 0 Å². The van der Waals surface area contributed by atoms with Crippen LogP contribution in [-0.2, 0) is 11.3 Å². The Bertz CT molecular complexity index is 351. The van der Waals surface area contributed by atoms with E-state index in [1.165, 1.54) is 83.5 Å². The summed E-state index contributed by atoms with van der Waals surface area (Å²) in [4.78, 5) is 4.15. The molecule has 0 fully saturated rings. The SMILES string of the molecule is CCCCCCCCOC(CCCCCCCC)Cn1ccnc1. The fourth-order valence-corrected chi connectivity index (χ4v) is 3.14. The first-order valence-electron chi connectivity index (χ1n) is 10.4. The highest BCUT2D eigenvalue weighted by Crippen LogP contribution is 2.13.